The van der Waals surface area contributed by atoms with Gasteiger partial charge < -0.3 is 14.7 Å². The number of rotatable bonds is 4. The topological polar surface area (TPSA) is 49.8 Å². The van der Waals surface area contributed by atoms with Crippen molar-refractivity contribution in [2.45, 2.75) is 50.0 Å². The van der Waals surface area contributed by atoms with E-state index in [1.54, 1.807) is 0 Å². The minimum absolute atomic E-state index is 0.199. The molecule has 1 aromatic carbocycles. The van der Waals surface area contributed by atoms with Crippen LogP contribution in [0.25, 0.3) is 0 Å². The summed E-state index contributed by atoms with van der Waals surface area (Å²) in [6, 6.07) is 7.76. The Morgan fingerprint density at radius 1 is 1.23 bits per heavy atom. The molecule has 1 saturated heterocycles. The number of ether oxygens (including phenoxy) is 1. The zero-order valence-electron chi connectivity index (χ0n) is 13.3. The van der Waals surface area contributed by atoms with E-state index in [1.807, 2.05) is 24.3 Å². The fourth-order valence-corrected chi connectivity index (χ4v) is 3.82. The van der Waals surface area contributed by atoms with Crippen LogP contribution in [-0.4, -0.2) is 42.2 Å². The summed E-state index contributed by atoms with van der Waals surface area (Å²) in [4.78, 5) is 14.3. The lowest BCUT2D eigenvalue weighted by atomic mass is 9.78. The average molecular weight is 303 g/mol. The number of carboxylic acid groups (broad SMARTS) is 1. The number of piperidine rings is 1. The predicted molar refractivity (Wildman–Crippen MR) is 85.4 cm³/mol. The molecule has 1 saturated carbocycles. The number of nitrogens with zero attached hydrogens (tertiary/aromatic N) is 1. The second kappa shape index (κ2) is 6.29. The van der Waals surface area contributed by atoms with Gasteiger partial charge in [0.1, 0.15) is 11.9 Å². The summed E-state index contributed by atoms with van der Waals surface area (Å²) in [5.74, 6) is 0.0748. The fourth-order valence-electron chi connectivity index (χ4n) is 3.82. The van der Waals surface area contributed by atoms with Gasteiger partial charge in [0.2, 0.25) is 0 Å². The maximum atomic E-state index is 11.9. The predicted octanol–water partition coefficient (Wildman–Crippen LogP) is 3.06. The maximum absolute atomic E-state index is 11.9. The molecule has 0 spiro atoms. The first-order chi connectivity index (χ1) is 10.6. The third kappa shape index (κ3) is 2.84. The van der Waals surface area contributed by atoms with E-state index in [0.29, 0.717) is 0 Å². The van der Waals surface area contributed by atoms with Crippen molar-refractivity contribution in [2.24, 2.45) is 0 Å². The van der Waals surface area contributed by atoms with Crippen molar-refractivity contribution in [3.05, 3.63) is 29.8 Å². The highest BCUT2D eigenvalue weighted by molar-refractivity contribution is 5.83. The number of hydrogen-bond acceptors (Lipinski definition) is 3. The normalized spacial score (nSPS) is 22.6. The molecule has 2 aliphatic rings. The highest BCUT2D eigenvalue weighted by Gasteiger charge is 2.44. The molecular weight excluding hydrogens is 278 g/mol. The van der Waals surface area contributed by atoms with Crippen LogP contribution in [0, 0.1) is 0 Å². The molecule has 0 radical (unpaired) electrons. The Labute approximate surface area is 132 Å². The molecule has 3 rings (SSSR count). The Morgan fingerprint density at radius 3 is 2.50 bits per heavy atom. The minimum Gasteiger partial charge on any atom is -0.490 e. The van der Waals surface area contributed by atoms with Crippen molar-refractivity contribution in [3.8, 4) is 5.75 Å². The molecular formula is C18H25NO3. The van der Waals surface area contributed by atoms with Gasteiger partial charge in [-0.3, -0.25) is 4.79 Å². The van der Waals surface area contributed by atoms with Crippen molar-refractivity contribution in [1.82, 2.24) is 4.90 Å². The number of carboxylic acids is 1. The van der Waals surface area contributed by atoms with E-state index in [0.717, 1.165) is 62.9 Å². The van der Waals surface area contributed by atoms with Gasteiger partial charge in [0.15, 0.2) is 0 Å². The van der Waals surface area contributed by atoms with Crippen molar-refractivity contribution >= 4 is 5.97 Å². The molecule has 0 aromatic heterocycles. The van der Waals surface area contributed by atoms with Crippen LogP contribution in [0.3, 0.4) is 0 Å². The van der Waals surface area contributed by atoms with Crippen molar-refractivity contribution in [3.63, 3.8) is 0 Å². The molecule has 22 heavy (non-hydrogen) atoms. The standard InChI is InChI=1S/C18H25NO3/c1-19-12-8-14(9-13-19)22-16-7-3-2-6-15(16)18(17(20)21)10-4-5-11-18/h2-3,6-7,14H,4-5,8-13H2,1H3,(H,20,21). The van der Waals surface area contributed by atoms with Gasteiger partial charge in [-0.05, 0) is 38.8 Å². The molecule has 0 atom stereocenters. The largest absolute Gasteiger partial charge is 0.490 e. The van der Waals surface area contributed by atoms with Crippen molar-refractivity contribution < 1.29 is 14.6 Å². The lowest BCUT2D eigenvalue weighted by molar-refractivity contribution is -0.143. The summed E-state index contributed by atoms with van der Waals surface area (Å²) in [6.45, 7) is 2.08. The molecule has 1 N–H and O–H groups in total. The molecule has 1 heterocycles. The van der Waals surface area contributed by atoms with E-state index in [2.05, 4.69) is 11.9 Å². The molecule has 1 aliphatic heterocycles. The Morgan fingerprint density at radius 2 is 1.86 bits per heavy atom. The van der Waals surface area contributed by atoms with Crippen LogP contribution in [-0.2, 0) is 10.2 Å². The molecule has 4 heteroatoms. The molecule has 120 valence electrons. The zero-order valence-corrected chi connectivity index (χ0v) is 13.3. The summed E-state index contributed by atoms with van der Waals surface area (Å²) >= 11 is 0. The SMILES string of the molecule is CN1CCC(Oc2ccccc2C2(C(=O)O)CCCC2)CC1. The third-order valence-electron chi connectivity index (χ3n) is 5.23. The van der Waals surface area contributed by atoms with Gasteiger partial charge in [-0.25, -0.2) is 0 Å². The molecule has 1 aromatic rings. The van der Waals surface area contributed by atoms with Gasteiger partial charge in [0, 0.05) is 18.7 Å². The van der Waals surface area contributed by atoms with Gasteiger partial charge in [0.05, 0.1) is 5.41 Å². The van der Waals surface area contributed by atoms with Crippen LogP contribution in [0.5, 0.6) is 5.75 Å². The molecule has 2 fully saturated rings. The quantitative estimate of drug-likeness (QED) is 0.929. The number of hydrogen-bond donors (Lipinski definition) is 1. The van der Waals surface area contributed by atoms with E-state index in [4.69, 9.17) is 4.74 Å². The van der Waals surface area contributed by atoms with Gasteiger partial charge in [0.25, 0.3) is 0 Å². The number of likely N-dealkylation sites (tertiary alicyclic amines) is 1. The minimum atomic E-state index is -0.748. The first-order valence-electron chi connectivity index (χ1n) is 8.30. The number of benzene rings is 1. The summed E-state index contributed by atoms with van der Waals surface area (Å²) < 4.78 is 6.23. The second-order valence-corrected chi connectivity index (χ2v) is 6.71. The van der Waals surface area contributed by atoms with E-state index in [9.17, 15) is 9.90 Å². The van der Waals surface area contributed by atoms with Gasteiger partial charge in [-0.2, -0.15) is 0 Å². The van der Waals surface area contributed by atoms with Gasteiger partial charge in [-0.1, -0.05) is 31.0 Å². The van der Waals surface area contributed by atoms with Crippen LogP contribution in [0.15, 0.2) is 24.3 Å². The van der Waals surface area contributed by atoms with Gasteiger partial charge in [-0.15, -0.1) is 0 Å². The lowest BCUT2D eigenvalue weighted by Crippen LogP contribution is -2.37. The number of para-hydroxylation sites is 1. The van der Waals surface area contributed by atoms with Gasteiger partial charge >= 0.3 is 5.97 Å². The van der Waals surface area contributed by atoms with Crippen LogP contribution in [0.1, 0.15) is 44.1 Å². The smallest absolute Gasteiger partial charge is 0.314 e. The van der Waals surface area contributed by atoms with E-state index in [1.165, 1.54) is 0 Å². The summed E-state index contributed by atoms with van der Waals surface area (Å²) in [5, 5.41) is 9.82. The summed E-state index contributed by atoms with van der Waals surface area (Å²) in [6.07, 6.45) is 5.61. The van der Waals surface area contributed by atoms with Crippen LogP contribution in [0.4, 0.5) is 0 Å². The van der Waals surface area contributed by atoms with Crippen molar-refractivity contribution in [1.29, 1.82) is 0 Å². The monoisotopic (exact) mass is 303 g/mol. The molecule has 0 bridgehead atoms. The maximum Gasteiger partial charge on any atom is 0.314 e. The number of aliphatic carboxylic acids is 1. The van der Waals surface area contributed by atoms with E-state index < -0.39 is 11.4 Å². The number of carbonyl (C=O) groups is 1. The molecule has 1 aliphatic carbocycles. The summed E-state index contributed by atoms with van der Waals surface area (Å²) in [7, 11) is 2.13. The zero-order chi connectivity index (χ0) is 15.6. The van der Waals surface area contributed by atoms with Crippen LogP contribution >= 0.6 is 0 Å². The third-order valence-corrected chi connectivity index (χ3v) is 5.23. The van der Waals surface area contributed by atoms with Crippen molar-refractivity contribution in [2.75, 3.05) is 20.1 Å². The Kier molecular flexibility index (Phi) is 4.39. The first-order valence-corrected chi connectivity index (χ1v) is 8.30. The molecule has 0 amide bonds. The fraction of sp³-hybridized carbons (Fsp3) is 0.611. The highest BCUT2D eigenvalue weighted by Crippen LogP contribution is 2.45. The molecule has 0 unspecified atom stereocenters. The van der Waals surface area contributed by atoms with E-state index in [-0.39, 0.29) is 6.10 Å². The lowest BCUT2D eigenvalue weighted by Gasteiger charge is -2.32. The summed E-state index contributed by atoms with van der Waals surface area (Å²) in [5.41, 5.74) is 0.126. The Balaban J connectivity index is 1.85. The highest BCUT2D eigenvalue weighted by atomic mass is 16.5. The van der Waals surface area contributed by atoms with Crippen LogP contribution < -0.4 is 4.74 Å². The Bertz CT molecular complexity index is 529. The Hall–Kier alpha value is -1.55. The van der Waals surface area contributed by atoms with E-state index >= 15 is 0 Å². The first kappa shape index (κ1) is 15.3. The van der Waals surface area contributed by atoms with Crippen LogP contribution in [0.2, 0.25) is 0 Å². The average Bonchev–Trinajstić information content (AvgIpc) is 3.01. The molecule has 4 nitrogen and oxygen atoms in total. The second-order valence-electron chi connectivity index (χ2n) is 6.71.